The molecule has 0 aliphatic rings. The molecule has 0 saturated carbocycles. The molecule has 1 unspecified atom stereocenters. The van der Waals surface area contributed by atoms with Crippen molar-refractivity contribution in [2.45, 2.75) is 19.4 Å². The number of hydrogen-bond acceptors (Lipinski definition) is 4. The summed E-state index contributed by atoms with van der Waals surface area (Å²) in [6.07, 6.45) is 1.46. The van der Waals surface area contributed by atoms with Crippen molar-refractivity contribution >= 4 is 23.3 Å². The van der Waals surface area contributed by atoms with Crippen molar-refractivity contribution in [3.05, 3.63) is 47.4 Å². The monoisotopic (exact) mass is 338 g/mol. The fourth-order valence-corrected chi connectivity index (χ4v) is 2.13. The highest BCUT2D eigenvalue weighted by Gasteiger charge is 2.26. The van der Waals surface area contributed by atoms with Crippen molar-refractivity contribution in [2.75, 3.05) is 18.5 Å². The number of hydrogen-bond donors (Lipinski definition) is 3. The topological polar surface area (TPSA) is 83.7 Å². The van der Waals surface area contributed by atoms with E-state index in [9.17, 15) is 9.90 Å². The fourth-order valence-electron chi connectivity index (χ4n) is 1.97. The number of nitrogens with one attached hydrogen (secondary N) is 2. The third-order valence-electron chi connectivity index (χ3n) is 3.14. The Hall–Kier alpha value is -2.18. The van der Waals surface area contributed by atoms with Gasteiger partial charge in [-0.25, -0.2) is 4.79 Å². The summed E-state index contributed by atoms with van der Waals surface area (Å²) in [5.41, 5.74) is -0.810. The van der Waals surface area contributed by atoms with E-state index >= 15 is 0 Å². The lowest BCUT2D eigenvalue weighted by Crippen LogP contribution is -2.40. The standard InChI is InChI=1S/C16H19ClN2O4/c1-3-22-13-9-11(17)6-7-12(13)19-15(20)18-10-16(2,21)14-5-4-8-23-14/h4-9,21H,3,10H2,1-2H3,(H2,18,19,20). The number of carbonyl (C=O) groups excluding carboxylic acids is 1. The summed E-state index contributed by atoms with van der Waals surface area (Å²) in [6.45, 7) is 3.83. The van der Waals surface area contributed by atoms with Gasteiger partial charge in [-0.3, -0.25) is 0 Å². The predicted molar refractivity (Wildman–Crippen MR) is 87.9 cm³/mol. The van der Waals surface area contributed by atoms with Crippen LogP contribution in [-0.2, 0) is 5.60 Å². The average molecular weight is 339 g/mol. The maximum Gasteiger partial charge on any atom is 0.319 e. The van der Waals surface area contributed by atoms with Gasteiger partial charge in [0.05, 0.1) is 25.1 Å². The van der Waals surface area contributed by atoms with E-state index in [2.05, 4.69) is 10.6 Å². The largest absolute Gasteiger partial charge is 0.492 e. The Labute approximate surface area is 139 Å². The molecule has 3 N–H and O–H groups in total. The van der Waals surface area contributed by atoms with E-state index in [1.54, 1.807) is 37.3 Å². The van der Waals surface area contributed by atoms with Gasteiger partial charge < -0.3 is 24.9 Å². The zero-order chi connectivity index (χ0) is 16.9. The van der Waals surface area contributed by atoms with Crippen molar-refractivity contribution in [1.29, 1.82) is 0 Å². The van der Waals surface area contributed by atoms with Crippen LogP contribution in [0.5, 0.6) is 5.75 Å². The van der Waals surface area contributed by atoms with Gasteiger partial charge in [0.25, 0.3) is 0 Å². The Morgan fingerprint density at radius 2 is 2.22 bits per heavy atom. The zero-order valence-electron chi connectivity index (χ0n) is 12.9. The number of benzene rings is 1. The van der Waals surface area contributed by atoms with E-state index in [0.717, 1.165) is 0 Å². The molecule has 2 amide bonds. The quantitative estimate of drug-likeness (QED) is 0.754. The van der Waals surface area contributed by atoms with Gasteiger partial charge in [-0.05, 0) is 38.1 Å². The summed E-state index contributed by atoms with van der Waals surface area (Å²) >= 11 is 5.92. The first kappa shape index (κ1) is 17.2. The molecule has 0 spiro atoms. The van der Waals surface area contributed by atoms with Gasteiger partial charge in [-0.1, -0.05) is 11.6 Å². The van der Waals surface area contributed by atoms with Crippen molar-refractivity contribution in [2.24, 2.45) is 0 Å². The number of carbonyl (C=O) groups is 1. The zero-order valence-corrected chi connectivity index (χ0v) is 13.7. The average Bonchev–Trinajstić information content (AvgIpc) is 3.04. The van der Waals surface area contributed by atoms with E-state index in [0.29, 0.717) is 28.8 Å². The Morgan fingerprint density at radius 3 is 2.87 bits per heavy atom. The van der Waals surface area contributed by atoms with Crippen LogP contribution in [0, 0.1) is 0 Å². The van der Waals surface area contributed by atoms with Crippen LogP contribution in [0.4, 0.5) is 10.5 Å². The Kier molecular flexibility index (Phi) is 5.52. The van der Waals surface area contributed by atoms with Crippen LogP contribution in [0.2, 0.25) is 5.02 Å². The van der Waals surface area contributed by atoms with Gasteiger partial charge in [0.15, 0.2) is 0 Å². The Balaban J connectivity index is 1.97. The number of urea groups is 1. The number of ether oxygens (including phenoxy) is 1. The van der Waals surface area contributed by atoms with Crippen LogP contribution >= 0.6 is 11.6 Å². The minimum absolute atomic E-state index is 0.0100. The van der Waals surface area contributed by atoms with Crippen LogP contribution in [0.3, 0.4) is 0 Å². The summed E-state index contributed by atoms with van der Waals surface area (Å²) < 4.78 is 10.6. The van der Waals surface area contributed by atoms with Crippen LogP contribution in [-0.4, -0.2) is 24.3 Å². The molecule has 0 aliphatic heterocycles. The third-order valence-corrected chi connectivity index (χ3v) is 3.37. The molecular weight excluding hydrogens is 320 g/mol. The van der Waals surface area contributed by atoms with E-state index in [1.165, 1.54) is 6.26 Å². The smallest absolute Gasteiger partial charge is 0.319 e. The van der Waals surface area contributed by atoms with Crippen molar-refractivity contribution < 1.29 is 19.1 Å². The molecule has 124 valence electrons. The second-order valence-corrected chi connectivity index (χ2v) is 5.57. The van der Waals surface area contributed by atoms with Crippen molar-refractivity contribution in [3.63, 3.8) is 0 Å². The minimum Gasteiger partial charge on any atom is -0.492 e. The number of furan rings is 1. The molecule has 7 heteroatoms. The van der Waals surface area contributed by atoms with Gasteiger partial charge >= 0.3 is 6.03 Å². The van der Waals surface area contributed by atoms with E-state index < -0.39 is 11.6 Å². The predicted octanol–water partition coefficient (Wildman–Crippen LogP) is 3.36. The van der Waals surface area contributed by atoms with Gasteiger partial charge in [0.1, 0.15) is 17.1 Å². The van der Waals surface area contributed by atoms with Gasteiger partial charge in [-0.15, -0.1) is 0 Å². The molecule has 1 aromatic heterocycles. The summed E-state index contributed by atoms with van der Waals surface area (Å²) in [5, 5.41) is 16.1. The van der Waals surface area contributed by atoms with Gasteiger partial charge in [0.2, 0.25) is 0 Å². The lowest BCUT2D eigenvalue weighted by Gasteiger charge is -2.21. The molecule has 1 atom stereocenters. The van der Waals surface area contributed by atoms with Crippen LogP contribution < -0.4 is 15.4 Å². The van der Waals surface area contributed by atoms with Gasteiger partial charge in [0, 0.05) is 11.1 Å². The number of aliphatic hydroxyl groups is 1. The Bertz CT molecular complexity index is 656. The van der Waals surface area contributed by atoms with E-state index in [1.807, 2.05) is 6.92 Å². The molecule has 6 nitrogen and oxygen atoms in total. The molecule has 1 aromatic carbocycles. The summed E-state index contributed by atoms with van der Waals surface area (Å²) in [5.74, 6) is 0.854. The number of anilines is 1. The molecule has 0 fully saturated rings. The minimum atomic E-state index is -1.30. The number of amides is 2. The maximum absolute atomic E-state index is 12.0. The van der Waals surface area contributed by atoms with Crippen LogP contribution in [0.1, 0.15) is 19.6 Å². The molecule has 0 bridgehead atoms. The van der Waals surface area contributed by atoms with Crippen LogP contribution in [0.25, 0.3) is 0 Å². The Morgan fingerprint density at radius 1 is 1.43 bits per heavy atom. The third kappa shape index (κ3) is 4.64. The summed E-state index contributed by atoms with van der Waals surface area (Å²) in [7, 11) is 0. The van der Waals surface area contributed by atoms with Crippen molar-refractivity contribution in [1.82, 2.24) is 5.32 Å². The van der Waals surface area contributed by atoms with E-state index in [-0.39, 0.29) is 6.54 Å². The normalized spacial score (nSPS) is 13.2. The first-order valence-corrected chi connectivity index (χ1v) is 7.53. The summed E-state index contributed by atoms with van der Waals surface area (Å²) in [4.78, 5) is 12.0. The highest BCUT2D eigenvalue weighted by atomic mass is 35.5. The molecule has 23 heavy (non-hydrogen) atoms. The SMILES string of the molecule is CCOc1cc(Cl)ccc1NC(=O)NCC(C)(O)c1ccco1. The van der Waals surface area contributed by atoms with Gasteiger partial charge in [-0.2, -0.15) is 0 Å². The molecule has 1 heterocycles. The first-order chi connectivity index (χ1) is 10.9. The fraction of sp³-hybridized carbons (Fsp3) is 0.312. The second kappa shape index (κ2) is 7.39. The molecule has 0 saturated heterocycles. The lowest BCUT2D eigenvalue weighted by atomic mass is 10.0. The maximum atomic E-state index is 12.0. The molecule has 2 rings (SSSR count). The van der Waals surface area contributed by atoms with Crippen molar-refractivity contribution in [3.8, 4) is 5.75 Å². The highest BCUT2D eigenvalue weighted by molar-refractivity contribution is 6.30. The molecule has 0 aliphatic carbocycles. The molecular formula is C16H19ClN2O4. The summed E-state index contributed by atoms with van der Waals surface area (Å²) in [6, 6.07) is 7.77. The van der Waals surface area contributed by atoms with Crippen LogP contribution in [0.15, 0.2) is 41.0 Å². The number of rotatable bonds is 6. The van der Waals surface area contributed by atoms with E-state index in [4.69, 9.17) is 20.8 Å². The number of halogens is 1. The lowest BCUT2D eigenvalue weighted by molar-refractivity contribution is 0.0372. The first-order valence-electron chi connectivity index (χ1n) is 7.16. The molecule has 0 radical (unpaired) electrons. The second-order valence-electron chi connectivity index (χ2n) is 5.13. The highest BCUT2D eigenvalue weighted by Crippen LogP contribution is 2.28. The molecule has 2 aromatic rings.